The van der Waals surface area contributed by atoms with E-state index in [4.69, 9.17) is 0 Å². The predicted octanol–water partition coefficient (Wildman–Crippen LogP) is 5.89. The fourth-order valence-electron chi connectivity index (χ4n) is 2.81. The Morgan fingerprint density at radius 1 is 0.429 bits per heavy atom. The summed E-state index contributed by atoms with van der Waals surface area (Å²) in [5.41, 5.74) is 14.7. The van der Waals surface area contributed by atoms with Crippen LogP contribution in [0.5, 0.6) is 0 Å². The second-order valence-corrected chi connectivity index (χ2v) is 6.25. The van der Waals surface area contributed by atoms with Crippen molar-refractivity contribution in [1.29, 1.82) is 0 Å². The van der Waals surface area contributed by atoms with Gasteiger partial charge in [-0.05, 0) is 0 Å². The molecule has 0 nitrogen and oxygen atoms in total. The van der Waals surface area contributed by atoms with E-state index >= 15 is 0 Å². The van der Waals surface area contributed by atoms with Crippen molar-refractivity contribution in [3.8, 4) is 0 Å². The third-order valence-corrected chi connectivity index (χ3v) is 5.62. The monoisotopic (exact) mass is 463 g/mol. The molecule has 2 aromatic carbocycles. The fourth-order valence-corrected chi connectivity index (χ4v) is 2.81. The summed E-state index contributed by atoms with van der Waals surface area (Å²) < 4.78 is 0. The van der Waals surface area contributed by atoms with Crippen molar-refractivity contribution < 1.29 is 20.1 Å². The van der Waals surface area contributed by atoms with Crippen LogP contribution >= 0.6 is 0 Å². The average molecular weight is 463 g/mol. The summed E-state index contributed by atoms with van der Waals surface area (Å²) in [6, 6.07) is 0. The average Bonchev–Trinajstić information content (AvgIpc) is 2.71. The van der Waals surface area contributed by atoms with Gasteiger partial charge in [-0.3, -0.25) is 0 Å². The van der Waals surface area contributed by atoms with Crippen LogP contribution in [0.15, 0.2) is 0 Å². The standard InChI is InChI=1S/2C10H15.Ir/c2*1-6-7(2)9(4)10(5)8(6)3;/h2*1-5H3;/q2*-1;. The van der Waals surface area contributed by atoms with Crippen molar-refractivity contribution in [3.05, 3.63) is 55.6 Å². The van der Waals surface area contributed by atoms with Gasteiger partial charge in [0.2, 0.25) is 0 Å². The van der Waals surface area contributed by atoms with E-state index in [1.807, 2.05) is 0 Å². The maximum absolute atomic E-state index is 2.20. The molecule has 0 atom stereocenters. The third-order valence-electron chi connectivity index (χ3n) is 5.62. The minimum atomic E-state index is 0. The van der Waals surface area contributed by atoms with Gasteiger partial charge in [-0.1, -0.05) is 69.2 Å². The molecule has 0 heterocycles. The molecule has 0 N–H and O–H groups in total. The molecule has 0 aliphatic heterocycles. The second kappa shape index (κ2) is 7.56. The van der Waals surface area contributed by atoms with Crippen LogP contribution in [0.1, 0.15) is 55.6 Å². The summed E-state index contributed by atoms with van der Waals surface area (Å²) in [6.45, 7) is 22.0. The van der Waals surface area contributed by atoms with Gasteiger partial charge >= 0.3 is 0 Å². The summed E-state index contributed by atoms with van der Waals surface area (Å²) in [6.07, 6.45) is 0. The zero-order valence-electron chi connectivity index (χ0n) is 15.3. The largest absolute Gasteiger partial charge is 0.196 e. The molecule has 121 valence electrons. The molecule has 0 fully saturated rings. The molecule has 0 aromatic heterocycles. The van der Waals surface area contributed by atoms with E-state index in [0.29, 0.717) is 0 Å². The van der Waals surface area contributed by atoms with Crippen molar-refractivity contribution in [2.45, 2.75) is 69.2 Å². The molecular weight excluding hydrogens is 432 g/mol. The Bertz CT molecular complexity index is 404. The maximum Gasteiger partial charge on any atom is 0 e. The second-order valence-electron chi connectivity index (χ2n) is 6.25. The number of hydrogen-bond donors (Lipinski definition) is 0. The van der Waals surface area contributed by atoms with Crippen LogP contribution < -0.4 is 0 Å². The first kappa shape index (κ1) is 20.3. The molecule has 0 bridgehead atoms. The molecule has 2 aromatic rings. The van der Waals surface area contributed by atoms with Crippen LogP contribution in [-0.2, 0) is 20.1 Å². The Labute approximate surface area is 145 Å². The molecule has 1 heteroatoms. The molecular formula is C20H30Ir-2. The molecule has 0 saturated heterocycles. The van der Waals surface area contributed by atoms with Gasteiger partial charge in [0.25, 0.3) is 0 Å². The third kappa shape index (κ3) is 3.76. The SMILES string of the molecule is Cc1c(C)c(C)[c-](C)c1C.Cc1c(C)c(C)[c-](C)c1C.[Ir]. The van der Waals surface area contributed by atoms with Gasteiger partial charge in [-0.2, -0.15) is 55.6 Å². The van der Waals surface area contributed by atoms with Gasteiger partial charge in [0.15, 0.2) is 0 Å². The van der Waals surface area contributed by atoms with E-state index in [9.17, 15) is 0 Å². The molecule has 2 rings (SSSR count). The van der Waals surface area contributed by atoms with E-state index in [-0.39, 0.29) is 20.1 Å². The Balaban J connectivity index is 0.000000364. The molecule has 0 saturated carbocycles. The summed E-state index contributed by atoms with van der Waals surface area (Å²) in [4.78, 5) is 0. The summed E-state index contributed by atoms with van der Waals surface area (Å²) >= 11 is 0. The van der Waals surface area contributed by atoms with Crippen molar-refractivity contribution in [2.75, 3.05) is 0 Å². The van der Waals surface area contributed by atoms with Crippen LogP contribution in [0, 0.1) is 69.2 Å². The van der Waals surface area contributed by atoms with Crippen LogP contribution in [-0.4, -0.2) is 0 Å². The summed E-state index contributed by atoms with van der Waals surface area (Å²) in [5.74, 6) is 0. The Morgan fingerprint density at radius 3 is 0.619 bits per heavy atom. The van der Waals surface area contributed by atoms with Gasteiger partial charge in [0.1, 0.15) is 0 Å². The van der Waals surface area contributed by atoms with Gasteiger partial charge in [0, 0.05) is 20.1 Å². The van der Waals surface area contributed by atoms with Crippen molar-refractivity contribution in [1.82, 2.24) is 0 Å². The van der Waals surface area contributed by atoms with Gasteiger partial charge < -0.3 is 0 Å². The maximum atomic E-state index is 2.20. The van der Waals surface area contributed by atoms with Crippen molar-refractivity contribution in [2.24, 2.45) is 0 Å². The van der Waals surface area contributed by atoms with Crippen molar-refractivity contribution >= 4 is 0 Å². The quantitative estimate of drug-likeness (QED) is 0.428. The van der Waals surface area contributed by atoms with E-state index in [1.54, 1.807) is 0 Å². The smallest absolute Gasteiger partial charge is 0 e. The topological polar surface area (TPSA) is 0 Å². The molecule has 0 unspecified atom stereocenters. The van der Waals surface area contributed by atoms with E-state index in [1.165, 1.54) is 55.6 Å². The Kier molecular flexibility index (Phi) is 7.33. The Morgan fingerprint density at radius 2 is 0.571 bits per heavy atom. The zero-order chi connectivity index (χ0) is 15.8. The van der Waals surface area contributed by atoms with E-state index < -0.39 is 0 Å². The first-order valence-electron chi connectivity index (χ1n) is 7.50. The first-order valence-corrected chi connectivity index (χ1v) is 7.50. The minimum absolute atomic E-state index is 0. The Hall–Kier alpha value is -0.651. The van der Waals surface area contributed by atoms with Crippen molar-refractivity contribution in [3.63, 3.8) is 0 Å². The molecule has 1 radical (unpaired) electrons. The molecule has 0 aliphatic carbocycles. The molecule has 0 spiro atoms. The van der Waals surface area contributed by atoms with Gasteiger partial charge in [-0.15, -0.1) is 0 Å². The summed E-state index contributed by atoms with van der Waals surface area (Å²) in [7, 11) is 0. The van der Waals surface area contributed by atoms with Gasteiger partial charge in [0.05, 0.1) is 0 Å². The van der Waals surface area contributed by atoms with Crippen LogP contribution in [0.3, 0.4) is 0 Å². The molecule has 21 heavy (non-hydrogen) atoms. The van der Waals surface area contributed by atoms with Crippen LogP contribution in [0.4, 0.5) is 0 Å². The van der Waals surface area contributed by atoms with Crippen LogP contribution in [0.2, 0.25) is 0 Å². The van der Waals surface area contributed by atoms with E-state index in [2.05, 4.69) is 69.2 Å². The van der Waals surface area contributed by atoms with Gasteiger partial charge in [-0.25, -0.2) is 0 Å². The molecule has 0 amide bonds. The minimum Gasteiger partial charge on any atom is -0.196 e. The zero-order valence-corrected chi connectivity index (χ0v) is 17.7. The van der Waals surface area contributed by atoms with E-state index in [0.717, 1.165) is 0 Å². The molecule has 0 aliphatic rings. The predicted molar refractivity (Wildman–Crippen MR) is 91.4 cm³/mol. The summed E-state index contributed by atoms with van der Waals surface area (Å²) in [5, 5.41) is 0. The number of rotatable bonds is 0. The van der Waals surface area contributed by atoms with Crippen LogP contribution in [0.25, 0.3) is 0 Å². The first-order chi connectivity index (χ1) is 9.11. The fraction of sp³-hybridized carbons (Fsp3) is 0.500. The number of hydrogen-bond acceptors (Lipinski definition) is 0. The normalized spacial score (nSPS) is 10.0.